The molecule has 0 aliphatic rings. The van der Waals surface area contributed by atoms with E-state index in [1.54, 1.807) is 7.11 Å². The fraction of sp³-hybridized carbons (Fsp3) is 0.389. The van der Waals surface area contributed by atoms with E-state index in [1.165, 1.54) is 0 Å². The third-order valence-electron chi connectivity index (χ3n) is 3.95. The Labute approximate surface area is 138 Å². The van der Waals surface area contributed by atoms with Crippen LogP contribution in [0, 0.1) is 0 Å². The molecule has 0 saturated heterocycles. The molecule has 4 heteroatoms. The number of benzene rings is 2. The largest absolute Gasteiger partial charge is 0.496 e. The molecule has 0 N–H and O–H groups in total. The maximum Gasteiger partial charge on any atom is 0.164 e. The molecular formula is C18H24ClNO2. The van der Waals surface area contributed by atoms with E-state index < -0.39 is 0 Å². The summed E-state index contributed by atoms with van der Waals surface area (Å²) in [6.07, 6.45) is 0.554. The lowest BCUT2D eigenvalue weighted by molar-refractivity contribution is 0.0968. The van der Waals surface area contributed by atoms with E-state index in [0.717, 1.165) is 41.7 Å². The molecule has 0 unspecified atom stereocenters. The van der Waals surface area contributed by atoms with Gasteiger partial charge in [-0.25, -0.2) is 0 Å². The smallest absolute Gasteiger partial charge is 0.164 e. The van der Waals surface area contributed by atoms with Crippen molar-refractivity contribution < 1.29 is 9.53 Å². The molecule has 2 rings (SSSR count). The number of hydrogen-bond acceptors (Lipinski definition) is 3. The van der Waals surface area contributed by atoms with E-state index in [1.807, 2.05) is 36.4 Å². The lowest BCUT2D eigenvalue weighted by atomic mass is 9.99. The highest BCUT2D eigenvalue weighted by Gasteiger charge is 2.13. The van der Waals surface area contributed by atoms with E-state index in [9.17, 15) is 4.79 Å². The van der Waals surface area contributed by atoms with Gasteiger partial charge in [-0.1, -0.05) is 38.1 Å². The maximum atomic E-state index is 12.5. The molecule has 2 aromatic carbocycles. The summed E-state index contributed by atoms with van der Waals surface area (Å²) in [6, 6.07) is 11.7. The number of hydrogen-bond donors (Lipinski definition) is 0. The van der Waals surface area contributed by atoms with E-state index in [4.69, 9.17) is 4.74 Å². The fourth-order valence-electron chi connectivity index (χ4n) is 2.63. The number of Topliss-reactive ketones (excluding diaryl/α,β-unsaturated/α-hetero) is 1. The van der Waals surface area contributed by atoms with Gasteiger partial charge in [0.05, 0.1) is 7.11 Å². The number of ketones is 1. The Morgan fingerprint density at radius 1 is 1.05 bits per heavy atom. The van der Waals surface area contributed by atoms with E-state index in [2.05, 4.69) is 18.7 Å². The van der Waals surface area contributed by atoms with Crippen LogP contribution < -0.4 is 4.74 Å². The van der Waals surface area contributed by atoms with E-state index in [0.29, 0.717) is 6.42 Å². The van der Waals surface area contributed by atoms with Crippen LogP contribution in [0.2, 0.25) is 0 Å². The van der Waals surface area contributed by atoms with Crippen LogP contribution in [0.3, 0.4) is 0 Å². The lowest BCUT2D eigenvalue weighted by Crippen LogP contribution is -2.25. The van der Waals surface area contributed by atoms with Crippen molar-refractivity contribution in [1.29, 1.82) is 0 Å². The Kier molecular flexibility index (Phi) is 7.36. The molecule has 0 fully saturated rings. The number of ether oxygens (including phenoxy) is 1. The molecule has 0 atom stereocenters. The lowest BCUT2D eigenvalue weighted by Gasteiger charge is -2.17. The van der Waals surface area contributed by atoms with Crippen LogP contribution in [0.4, 0.5) is 0 Å². The number of carbonyl (C=O) groups is 1. The molecule has 0 bridgehead atoms. The van der Waals surface area contributed by atoms with Crippen molar-refractivity contribution in [3.05, 3.63) is 42.0 Å². The van der Waals surface area contributed by atoms with Gasteiger partial charge < -0.3 is 9.64 Å². The van der Waals surface area contributed by atoms with Gasteiger partial charge in [0, 0.05) is 23.9 Å². The Hall–Kier alpha value is -1.58. The first-order valence-corrected chi connectivity index (χ1v) is 7.52. The summed E-state index contributed by atoms with van der Waals surface area (Å²) in [5.74, 6) is 1.01. The molecule has 0 amide bonds. The summed E-state index contributed by atoms with van der Waals surface area (Å²) >= 11 is 0. The van der Waals surface area contributed by atoms with Crippen molar-refractivity contribution in [3.8, 4) is 5.75 Å². The first-order valence-electron chi connectivity index (χ1n) is 7.52. The number of fused-ring (bicyclic) bond motifs is 1. The van der Waals surface area contributed by atoms with Crippen LogP contribution in [0.15, 0.2) is 36.4 Å². The SMILES string of the molecule is CCN(CC)CCC(=O)c1ccc(OC)c2ccccc12.Cl. The molecular weight excluding hydrogens is 298 g/mol. The van der Waals surface area contributed by atoms with Crippen molar-refractivity contribution in [2.75, 3.05) is 26.7 Å². The van der Waals surface area contributed by atoms with Gasteiger partial charge in [-0.3, -0.25) is 4.79 Å². The molecule has 120 valence electrons. The van der Waals surface area contributed by atoms with Gasteiger partial charge in [0.2, 0.25) is 0 Å². The van der Waals surface area contributed by atoms with Gasteiger partial charge in [0.15, 0.2) is 5.78 Å². The van der Waals surface area contributed by atoms with Crippen molar-refractivity contribution in [2.24, 2.45) is 0 Å². The summed E-state index contributed by atoms with van der Waals surface area (Å²) in [4.78, 5) is 14.8. The minimum absolute atomic E-state index is 0. The molecule has 0 saturated carbocycles. The zero-order valence-corrected chi connectivity index (χ0v) is 14.3. The topological polar surface area (TPSA) is 29.5 Å². The molecule has 3 nitrogen and oxygen atoms in total. The zero-order chi connectivity index (χ0) is 15.2. The Balaban J connectivity index is 0.00000242. The summed E-state index contributed by atoms with van der Waals surface area (Å²) < 4.78 is 5.38. The first kappa shape index (κ1) is 18.5. The molecule has 0 radical (unpaired) electrons. The molecule has 0 aliphatic carbocycles. The highest BCUT2D eigenvalue weighted by atomic mass is 35.5. The average Bonchev–Trinajstić information content (AvgIpc) is 2.54. The second-order valence-electron chi connectivity index (χ2n) is 5.06. The minimum atomic E-state index is 0. The van der Waals surface area contributed by atoms with Crippen LogP contribution in [-0.2, 0) is 0 Å². The second-order valence-corrected chi connectivity index (χ2v) is 5.06. The van der Waals surface area contributed by atoms with Crippen LogP contribution >= 0.6 is 12.4 Å². The third kappa shape index (κ3) is 3.99. The third-order valence-corrected chi connectivity index (χ3v) is 3.95. The number of halogens is 1. The molecule has 2 aromatic rings. The normalized spacial score (nSPS) is 10.5. The summed E-state index contributed by atoms with van der Waals surface area (Å²) in [5, 5.41) is 1.97. The quantitative estimate of drug-likeness (QED) is 0.716. The van der Waals surface area contributed by atoms with Crippen molar-refractivity contribution >= 4 is 29.0 Å². The van der Waals surface area contributed by atoms with Gasteiger partial charge in [-0.2, -0.15) is 0 Å². The Morgan fingerprint density at radius 3 is 2.27 bits per heavy atom. The van der Waals surface area contributed by atoms with Gasteiger partial charge in [-0.15, -0.1) is 12.4 Å². The monoisotopic (exact) mass is 321 g/mol. The van der Waals surface area contributed by atoms with Crippen LogP contribution in [-0.4, -0.2) is 37.4 Å². The van der Waals surface area contributed by atoms with Crippen LogP contribution in [0.5, 0.6) is 5.75 Å². The summed E-state index contributed by atoms with van der Waals surface area (Å²) in [6.45, 7) is 7.01. The van der Waals surface area contributed by atoms with Gasteiger partial charge in [-0.05, 0) is 30.6 Å². The van der Waals surface area contributed by atoms with Crippen LogP contribution in [0.1, 0.15) is 30.6 Å². The molecule has 0 spiro atoms. The summed E-state index contributed by atoms with van der Waals surface area (Å²) in [5.41, 5.74) is 0.790. The maximum absolute atomic E-state index is 12.5. The molecule has 0 aliphatic heterocycles. The van der Waals surface area contributed by atoms with Gasteiger partial charge in [0.1, 0.15) is 5.75 Å². The number of methoxy groups -OCH3 is 1. The van der Waals surface area contributed by atoms with Gasteiger partial charge in [0.25, 0.3) is 0 Å². The van der Waals surface area contributed by atoms with Crippen molar-refractivity contribution in [1.82, 2.24) is 4.90 Å². The second kappa shape index (κ2) is 8.76. The average molecular weight is 322 g/mol. The molecule has 22 heavy (non-hydrogen) atoms. The highest BCUT2D eigenvalue weighted by molar-refractivity contribution is 6.09. The number of rotatable bonds is 7. The molecule has 0 aromatic heterocycles. The molecule has 0 heterocycles. The van der Waals surface area contributed by atoms with Crippen molar-refractivity contribution in [2.45, 2.75) is 20.3 Å². The Bertz CT molecular complexity index is 624. The number of carbonyl (C=O) groups excluding carboxylic acids is 1. The van der Waals surface area contributed by atoms with E-state index >= 15 is 0 Å². The highest BCUT2D eigenvalue weighted by Crippen LogP contribution is 2.28. The summed E-state index contributed by atoms with van der Waals surface area (Å²) in [7, 11) is 1.66. The number of nitrogens with zero attached hydrogens (tertiary/aromatic N) is 1. The van der Waals surface area contributed by atoms with Crippen LogP contribution in [0.25, 0.3) is 10.8 Å². The van der Waals surface area contributed by atoms with Gasteiger partial charge >= 0.3 is 0 Å². The Morgan fingerprint density at radius 2 is 1.68 bits per heavy atom. The van der Waals surface area contributed by atoms with Crippen molar-refractivity contribution in [3.63, 3.8) is 0 Å². The predicted molar refractivity (Wildman–Crippen MR) is 94.5 cm³/mol. The zero-order valence-electron chi connectivity index (χ0n) is 13.5. The predicted octanol–water partition coefficient (Wildman–Crippen LogP) is 4.18. The minimum Gasteiger partial charge on any atom is -0.496 e. The first-order chi connectivity index (χ1) is 10.2. The van der Waals surface area contributed by atoms with E-state index in [-0.39, 0.29) is 18.2 Å². The fourth-order valence-corrected chi connectivity index (χ4v) is 2.63. The standard InChI is InChI=1S/C18H23NO2.ClH/c1-4-19(5-2)13-12-17(20)15-10-11-18(21-3)16-9-7-6-8-14(15)16;/h6-11H,4-5,12-13H2,1-3H3;1H.